The summed E-state index contributed by atoms with van der Waals surface area (Å²) in [7, 11) is 0. The lowest BCUT2D eigenvalue weighted by Crippen LogP contribution is -2.14. The van der Waals surface area contributed by atoms with Crippen molar-refractivity contribution in [1.82, 2.24) is 4.98 Å². The molecule has 0 atom stereocenters. The smallest absolute Gasteiger partial charge is 0.418 e. The third-order valence-corrected chi connectivity index (χ3v) is 2.37. The second kappa shape index (κ2) is 5.05. The number of alkyl halides is 5. The fraction of sp³-hybridized carbons (Fsp3) is 0.333. The average molecular weight is 290 g/mol. The molecule has 0 spiro atoms. The lowest BCUT2D eigenvalue weighted by molar-refractivity contribution is -0.140. The first-order chi connectivity index (χ1) is 8.14. The van der Waals surface area contributed by atoms with Crippen LogP contribution in [-0.4, -0.2) is 16.1 Å². The molecule has 1 aromatic rings. The Balaban J connectivity index is 3.45. The van der Waals surface area contributed by atoms with Crippen LogP contribution in [0.3, 0.4) is 0 Å². The van der Waals surface area contributed by atoms with Gasteiger partial charge in [-0.15, -0.1) is 0 Å². The average Bonchev–Trinajstić information content (AvgIpc) is 2.17. The zero-order valence-corrected chi connectivity index (χ0v) is 9.19. The van der Waals surface area contributed by atoms with Crippen LogP contribution in [0.2, 0.25) is 5.02 Å². The Morgan fingerprint density at radius 1 is 1.44 bits per heavy atom. The van der Waals surface area contributed by atoms with Crippen LogP contribution in [0.1, 0.15) is 23.2 Å². The Labute approximate surface area is 102 Å². The molecular weight excluding hydrogens is 285 g/mol. The van der Waals surface area contributed by atoms with Crippen molar-refractivity contribution in [3.63, 3.8) is 0 Å². The molecule has 0 aromatic carbocycles. The van der Waals surface area contributed by atoms with Gasteiger partial charge in [-0.05, 0) is 0 Å². The second-order valence-electron chi connectivity index (χ2n) is 3.22. The summed E-state index contributed by atoms with van der Waals surface area (Å²) in [6.07, 6.45) is -9.12. The van der Waals surface area contributed by atoms with E-state index in [0.29, 0.717) is 0 Å². The van der Waals surface area contributed by atoms with Crippen molar-refractivity contribution in [3.05, 3.63) is 28.0 Å². The topological polar surface area (TPSA) is 50.2 Å². The van der Waals surface area contributed by atoms with Gasteiger partial charge in [0.05, 0.1) is 22.7 Å². The molecule has 3 nitrogen and oxygen atoms in total. The molecule has 0 amide bonds. The molecule has 0 saturated carbocycles. The van der Waals surface area contributed by atoms with Gasteiger partial charge < -0.3 is 5.11 Å². The van der Waals surface area contributed by atoms with Crippen molar-refractivity contribution in [1.29, 1.82) is 0 Å². The molecule has 9 heteroatoms. The van der Waals surface area contributed by atoms with Crippen LogP contribution in [0.25, 0.3) is 0 Å². The van der Waals surface area contributed by atoms with Gasteiger partial charge in [0.25, 0.3) is 6.43 Å². The maximum Gasteiger partial charge on any atom is 0.418 e. The van der Waals surface area contributed by atoms with E-state index in [4.69, 9.17) is 16.7 Å². The SMILES string of the molecule is O=C(O)Cc1ncc(C(F)F)c(C(F)(F)F)c1Cl. The standard InChI is InChI=1S/C9H5ClF5NO2/c10-7-4(1-5(17)18)16-2-3(8(11)12)6(7)9(13,14)15/h2,8H,1H2,(H,17,18). The van der Waals surface area contributed by atoms with E-state index in [2.05, 4.69) is 4.98 Å². The molecular formula is C9H5ClF5NO2. The van der Waals surface area contributed by atoms with Gasteiger partial charge in [-0.3, -0.25) is 9.78 Å². The van der Waals surface area contributed by atoms with E-state index in [1.807, 2.05) is 0 Å². The lowest BCUT2D eigenvalue weighted by atomic mass is 10.1. The van der Waals surface area contributed by atoms with Crippen molar-refractivity contribution in [2.24, 2.45) is 0 Å². The normalized spacial score (nSPS) is 11.9. The third-order valence-electron chi connectivity index (χ3n) is 1.96. The fourth-order valence-corrected chi connectivity index (χ4v) is 1.59. The Morgan fingerprint density at radius 2 is 2.00 bits per heavy atom. The number of aromatic nitrogens is 1. The maximum atomic E-state index is 12.6. The quantitative estimate of drug-likeness (QED) is 0.869. The summed E-state index contributed by atoms with van der Waals surface area (Å²) in [5, 5.41) is 7.33. The molecule has 1 aromatic heterocycles. The number of hydrogen-bond acceptors (Lipinski definition) is 2. The molecule has 100 valence electrons. The number of carbonyl (C=O) groups is 1. The van der Waals surface area contributed by atoms with Crippen molar-refractivity contribution < 1.29 is 31.9 Å². The molecule has 1 N–H and O–H groups in total. The Bertz CT molecular complexity index is 475. The number of rotatable bonds is 3. The van der Waals surface area contributed by atoms with Crippen molar-refractivity contribution >= 4 is 17.6 Å². The van der Waals surface area contributed by atoms with Crippen LogP contribution in [0.5, 0.6) is 0 Å². The molecule has 0 aliphatic heterocycles. The molecule has 0 saturated heterocycles. The van der Waals surface area contributed by atoms with Crippen LogP contribution in [0, 0.1) is 0 Å². The van der Waals surface area contributed by atoms with Crippen molar-refractivity contribution in [2.75, 3.05) is 0 Å². The molecule has 0 unspecified atom stereocenters. The first-order valence-electron chi connectivity index (χ1n) is 4.39. The summed E-state index contributed by atoms with van der Waals surface area (Å²) in [5.74, 6) is -1.47. The van der Waals surface area contributed by atoms with Crippen molar-refractivity contribution in [3.8, 4) is 0 Å². The molecule has 1 rings (SSSR count). The zero-order chi connectivity index (χ0) is 14.1. The highest BCUT2D eigenvalue weighted by atomic mass is 35.5. The molecule has 0 fully saturated rings. The highest BCUT2D eigenvalue weighted by Crippen LogP contribution is 2.41. The molecule has 0 aliphatic carbocycles. The largest absolute Gasteiger partial charge is 0.481 e. The predicted molar refractivity (Wildman–Crippen MR) is 50.5 cm³/mol. The monoisotopic (exact) mass is 289 g/mol. The van der Waals surface area contributed by atoms with Gasteiger partial charge in [0, 0.05) is 11.8 Å². The number of nitrogens with zero attached hydrogens (tertiary/aromatic N) is 1. The number of carboxylic acid groups (broad SMARTS) is 1. The van der Waals surface area contributed by atoms with E-state index in [1.165, 1.54) is 0 Å². The highest BCUT2D eigenvalue weighted by Gasteiger charge is 2.39. The molecule has 0 aliphatic rings. The fourth-order valence-electron chi connectivity index (χ4n) is 1.26. The number of hydrogen-bond donors (Lipinski definition) is 1. The maximum absolute atomic E-state index is 12.6. The van der Waals surface area contributed by atoms with Gasteiger partial charge in [-0.2, -0.15) is 13.2 Å². The first kappa shape index (κ1) is 14.6. The molecule has 18 heavy (non-hydrogen) atoms. The Morgan fingerprint density at radius 3 is 2.39 bits per heavy atom. The summed E-state index contributed by atoms with van der Waals surface area (Å²) in [6.45, 7) is 0. The lowest BCUT2D eigenvalue weighted by Gasteiger charge is -2.15. The minimum absolute atomic E-state index is 0.289. The van der Waals surface area contributed by atoms with E-state index in [-0.39, 0.29) is 6.20 Å². The highest BCUT2D eigenvalue weighted by molar-refractivity contribution is 6.32. The van der Waals surface area contributed by atoms with E-state index >= 15 is 0 Å². The molecule has 0 radical (unpaired) electrons. The second-order valence-corrected chi connectivity index (χ2v) is 3.60. The Hall–Kier alpha value is -1.44. The third kappa shape index (κ3) is 3.06. The van der Waals surface area contributed by atoms with Gasteiger partial charge in [-0.25, -0.2) is 8.78 Å². The van der Waals surface area contributed by atoms with Crippen LogP contribution in [0.15, 0.2) is 6.20 Å². The van der Waals surface area contributed by atoms with Crippen LogP contribution < -0.4 is 0 Å². The van der Waals surface area contributed by atoms with Gasteiger partial charge in [0.15, 0.2) is 0 Å². The summed E-state index contributed by atoms with van der Waals surface area (Å²) >= 11 is 5.31. The summed E-state index contributed by atoms with van der Waals surface area (Å²) in [5.41, 5.74) is -3.73. The first-order valence-corrected chi connectivity index (χ1v) is 4.76. The number of halogens is 6. The van der Waals surface area contributed by atoms with Gasteiger partial charge in [0.2, 0.25) is 0 Å². The van der Waals surface area contributed by atoms with Gasteiger partial charge in [-0.1, -0.05) is 11.6 Å². The molecule has 0 bridgehead atoms. The predicted octanol–water partition coefficient (Wildman–Crippen LogP) is 3.32. The summed E-state index contributed by atoms with van der Waals surface area (Å²) < 4.78 is 62.6. The number of carboxylic acids is 1. The minimum Gasteiger partial charge on any atom is -0.481 e. The van der Waals surface area contributed by atoms with Crippen LogP contribution in [0.4, 0.5) is 22.0 Å². The minimum atomic E-state index is -5.11. The number of aliphatic carboxylic acids is 1. The van der Waals surface area contributed by atoms with Crippen LogP contribution >= 0.6 is 11.6 Å². The van der Waals surface area contributed by atoms with E-state index in [0.717, 1.165) is 0 Å². The zero-order valence-electron chi connectivity index (χ0n) is 8.43. The van der Waals surface area contributed by atoms with Gasteiger partial charge in [0.1, 0.15) is 0 Å². The van der Waals surface area contributed by atoms with Crippen LogP contribution in [-0.2, 0) is 17.4 Å². The Kier molecular flexibility index (Phi) is 4.10. The number of pyridine rings is 1. The molecule has 1 heterocycles. The summed E-state index contributed by atoms with van der Waals surface area (Å²) in [4.78, 5) is 13.6. The van der Waals surface area contributed by atoms with E-state index in [9.17, 15) is 26.7 Å². The summed E-state index contributed by atoms with van der Waals surface area (Å²) in [6, 6.07) is 0. The van der Waals surface area contributed by atoms with Gasteiger partial charge >= 0.3 is 12.1 Å². The van der Waals surface area contributed by atoms with E-state index < -0.39 is 46.8 Å². The van der Waals surface area contributed by atoms with Crippen molar-refractivity contribution in [2.45, 2.75) is 19.0 Å². The van der Waals surface area contributed by atoms with E-state index in [1.54, 1.807) is 0 Å².